The van der Waals surface area contributed by atoms with Crippen LogP contribution in [0.15, 0.2) is 48.1 Å². The highest BCUT2D eigenvalue weighted by atomic mass is 32.1. The van der Waals surface area contributed by atoms with Gasteiger partial charge in [0.2, 0.25) is 5.13 Å². The maximum atomic E-state index is 12.2. The van der Waals surface area contributed by atoms with E-state index in [1.165, 1.54) is 22.7 Å². The lowest BCUT2D eigenvalue weighted by atomic mass is 10.3. The molecule has 8 heteroatoms. The smallest absolute Gasteiger partial charge is 0.280 e. The van der Waals surface area contributed by atoms with E-state index in [0.29, 0.717) is 18.0 Å². The molecule has 0 radical (unpaired) electrons. The molecule has 0 aliphatic carbocycles. The molecule has 4 aromatic rings. The second-order valence-corrected chi connectivity index (χ2v) is 6.93. The summed E-state index contributed by atoms with van der Waals surface area (Å²) in [5.41, 5.74) is 1.80. The van der Waals surface area contributed by atoms with E-state index < -0.39 is 0 Å². The molecule has 24 heavy (non-hydrogen) atoms. The average Bonchev–Trinajstić information content (AvgIpc) is 3.33. The molecule has 120 valence electrons. The first kappa shape index (κ1) is 15.0. The summed E-state index contributed by atoms with van der Waals surface area (Å²) in [7, 11) is 0. The Bertz CT molecular complexity index is 940. The molecule has 3 heterocycles. The number of hydrogen-bond acceptors (Lipinski definition) is 6. The third-order valence-electron chi connectivity index (χ3n) is 3.39. The van der Waals surface area contributed by atoms with Crippen molar-refractivity contribution in [2.45, 2.75) is 6.42 Å². The molecule has 0 saturated carbocycles. The van der Waals surface area contributed by atoms with Crippen LogP contribution in [0.1, 0.15) is 15.5 Å². The Morgan fingerprint density at radius 3 is 2.96 bits per heavy atom. The van der Waals surface area contributed by atoms with Crippen LogP contribution in [0, 0.1) is 0 Å². The average molecular weight is 355 g/mol. The number of hydrogen-bond donors (Lipinski definition) is 1. The van der Waals surface area contributed by atoms with Gasteiger partial charge >= 0.3 is 0 Å². The Hall–Kier alpha value is -2.58. The van der Waals surface area contributed by atoms with Crippen LogP contribution in [-0.4, -0.2) is 32.2 Å². The van der Waals surface area contributed by atoms with Crippen molar-refractivity contribution < 1.29 is 4.79 Å². The summed E-state index contributed by atoms with van der Waals surface area (Å²) >= 11 is 2.94. The van der Waals surface area contributed by atoms with Gasteiger partial charge in [0.1, 0.15) is 0 Å². The lowest BCUT2D eigenvalue weighted by molar-refractivity contribution is 0.0954. The quantitative estimate of drug-likeness (QED) is 0.597. The molecule has 6 nitrogen and oxygen atoms in total. The number of thiazole rings is 2. The predicted molar refractivity (Wildman–Crippen MR) is 94.9 cm³/mol. The van der Waals surface area contributed by atoms with Crippen LogP contribution in [0.2, 0.25) is 0 Å². The number of nitrogens with one attached hydrogen (secondary N) is 1. The van der Waals surface area contributed by atoms with Crippen molar-refractivity contribution in [3.63, 3.8) is 0 Å². The standard InChI is InChI=1S/C16H13N5OS2/c22-14(15-20-12-4-1-2-5-13(12)24-15)17-8-6-11-10-23-16(19-11)21-9-3-7-18-21/h1-5,7,9-10H,6,8H2,(H,17,22). The van der Waals surface area contributed by atoms with Crippen molar-refractivity contribution in [1.29, 1.82) is 0 Å². The summed E-state index contributed by atoms with van der Waals surface area (Å²) in [5, 5.41) is 10.4. The Balaban J connectivity index is 1.36. The number of amides is 1. The molecule has 0 atom stereocenters. The van der Waals surface area contributed by atoms with E-state index in [4.69, 9.17) is 0 Å². The molecule has 0 spiro atoms. The number of nitrogens with zero attached hydrogens (tertiary/aromatic N) is 4. The lowest BCUT2D eigenvalue weighted by Crippen LogP contribution is -2.25. The topological polar surface area (TPSA) is 72.7 Å². The Labute approximate surface area is 145 Å². The van der Waals surface area contributed by atoms with Gasteiger partial charge in [0.15, 0.2) is 5.01 Å². The van der Waals surface area contributed by atoms with E-state index in [0.717, 1.165) is 21.0 Å². The van der Waals surface area contributed by atoms with E-state index in [1.807, 2.05) is 41.9 Å². The van der Waals surface area contributed by atoms with E-state index in [9.17, 15) is 4.79 Å². The number of rotatable bonds is 5. The van der Waals surface area contributed by atoms with Crippen molar-refractivity contribution >= 4 is 38.8 Å². The van der Waals surface area contributed by atoms with Crippen LogP contribution in [-0.2, 0) is 6.42 Å². The third-order valence-corrected chi connectivity index (χ3v) is 5.31. The van der Waals surface area contributed by atoms with E-state index in [1.54, 1.807) is 10.9 Å². The highest BCUT2D eigenvalue weighted by Crippen LogP contribution is 2.21. The molecule has 1 N–H and O–H groups in total. The van der Waals surface area contributed by atoms with Crippen LogP contribution in [0.25, 0.3) is 15.3 Å². The summed E-state index contributed by atoms with van der Waals surface area (Å²) in [4.78, 5) is 21.1. The van der Waals surface area contributed by atoms with Gasteiger partial charge in [0, 0.05) is 30.7 Å². The summed E-state index contributed by atoms with van der Waals surface area (Å²) < 4.78 is 2.75. The largest absolute Gasteiger partial charge is 0.350 e. The summed E-state index contributed by atoms with van der Waals surface area (Å²) in [5.74, 6) is -0.140. The first-order chi connectivity index (χ1) is 11.8. The van der Waals surface area contributed by atoms with E-state index >= 15 is 0 Å². The van der Waals surface area contributed by atoms with Crippen LogP contribution >= 0.6 is 22.7 Å². The van der Waals surface area contributed by atoms with E-state index in [-0.39, 0.29) is 5.91 Å². The van der Waals surface area contributed by atoms with Gasteiger partial charge in [-0.05, 0) is 18.2 Å². The van der Waals surface area contributed by atoms with Crippen molar-refractivity contribution in [2.24, 2.45) is 0 Å². The number of para-hydroxylation sites is 1. The fourth-order valence-electron chi connectivity index (χ4n) is 2.25. The molecule has 0 saturated heterocycles. The fraction of sp³-hybridized carbons (Fsp3) is 0.125. The van der Waals surface area contributed by atoms with Crippen molar-refractivity contribution in [2.75, 3.05) is 6.54 Å². The summed E-state index contributed by atoms with van der Waals surface area (Å²) in [6, 6.07) is 9.61. The third kappa shape index (κ3) is 3.06. The van der Waals surface area contributed by atoms with Crippen molar-refractivity contribution in [1.82, 2.24) is 25.1 Å². The van der Waals surface area contributed by atoms with Crippen molar-refractivity contribution in [3.8, 4) is 5.13 Å². The molecule has 0 unspecified atom stereocenters. The van der Waals surface area contributed by atoms with Crippen LogP contribution in [0.5, 0.6) is 0 Å². The monoisotopic (exact) mass is 355 g/mol. The Kier molecular flexibility index (Phi) is 4.06. The fourth-order valence-corrected chi connectivity index (χ4v) is 3.93. The van der Waals surface area contributed by atoms with Crippen LogP contribution in [0.3, 0.4) is 0 Å². The zero-order valence-corrected chi connectivity index (χ0v) is 14.2. The van der Waals surface area contributed by atoms with Gasteiger partial charge in [-0.25, -0.2) is 14.6 Å². The van der Waals surface area contributed by atoms with E-state index in [2.05, 4.69) is 20.4 Å². The second-order valence-electron chi connectivity index (χ2n) is 5.06. The molecular weight excluding hydrogens is 342 g/mol. The molecule has 4 rings (SSSR count). The van der Waals surface area contributed by atoms with Crippen LogP contribution < -0.4 is 5.32 Å². The minimum absolute atomic E-state index is 0.140. The molecule has 3 aromatic heterocycles. The lowest BCUT2D eigenvalue weighted by Gasteiger charge is -2.00. The number of aromatic nitrogens is 4. The van der Waals surface area contributed by atoms with Crippen LogP contribution in [0.4, 0.5) is 0 Å². The minimum Gasteiger partial charge on any atom is -0.350 e. The predicted octanol–water partition coefficient (Wildman–Crippen LogP) is 2.91. The molecule has 0 aliphatic rings. The number of fused-ring (bicyclic) bond motifs is 1. The number of benzene rings is 1. The van der Waals surface area contributed by atoms with Gasteiger partial charge in [0.25, 0.3) is 5.91 Å². The highest BCUT2D eigenvalue weighted by Gasteiger charge is 2.12. The van der Waals surface area contributed by atoms with Gasteiger partial charge in [-0.15, -0.1) is 22.7 Å². The van der Waals surface area contributed by atoms with Crippen molar-refractivity contribution in [3.05, 3.63) is 58.8 Å². The highest BCUT2D eigenvalue weighted by molar-refractivity contribution is 7.20. The SMILES string of the molecule is O=C(NCCc1csc(-n2cccn2)n1)c1nc2ccccc2s1. The first-order valence-corrected chi connectivity index (χ1v) is 9.07. The minimum atomic E-state index is -0.140. The molecule has 0 bridgehead atoms. The van der Waals surface area contributed by atoms with Gasteiger partial charge in [-0.2, -0.15) is 5.10 Å². The van der Waals surface area contributed by atoms with Gasteiger partial charge in [0.05, 0.1) is 15.9 Å². The summed E-state index contributed by atoms with van der Waals surface area (Å²) in [6.45, 7) is 0.525. The Morgan fingerprint density at radius 2 is 2.12 bits per heavy atom. The molecule has 0 fully saturated rings. The molecule has 1 aromatic carbocycles. The molecular formula is C16H13N5OS2. The first-order valence-electron chi connectivity index (χ1n) is 7.38. The maximum absolute atomic E-state index is 12.2. The molecule has 0 aliphatic heterocycles. The van der Waals surface area contributed by atoms with Gasteiger partial charge < -0.3 is 5.32 Å². The number of carbonyl (C=O) groups is 1. The zero-order chi connectivity index (χ0) is 16.4. The van der Waals surface area contributed by atoms with Gasteiger partial charge in [-0.3, -0.25) is 4.79 Å². The Morgan fingerprint density at radius 1 is 1.21 bits per heavy atom. The number of carbonyl (C=O) groups excluding carboxylic acids is 1. The zero-order valence-electron chi connectivity index (χ0n) is 12.5. The second kappa shape index (κ2) is 6.50. The summed E-state index contributed by atoms with van der Waals surface area (Å²) in [6.07, 6.45) is 4.26. The van der Waals surface area contributed by atoms with Gasteiger partial charge in [-0.1, -0.05) is 12.1 Å². The molecule has 1 amide bonds. The maximum Gasteiger partial charge on any atom is 0.280 e. The normalized spacial score (nSPS) is 11.0.